The smallest absolute Gasteiger partial charge is 0.264 e. The number of sulfonamides is 1. The van der Waals surface area contributed by atoms with Crippen molar-refractivity contribution in [3.05, 3.63) is 83.4 Å². The SMILES string of the molecule is COc1ccc(S(=O)(=O)N2C[C@@H](C(=O)NCC3(c4ccccc4)CCOCC3)Oc3ccc(Cl)cc32)cc1. The van der Waals surface area contributed by atoms with Gasteiger partial charge in [0.2, 0.25) is 0 Å². The van der Waals surface area contributed by atoms with E-state index in [1.165, 1.54) is 29.6 Å². The normalized spacial score (nSPS) is 18.7. The Labute approximate surface area is 227 Å². The van der Waals surface area contributed by atoms with Crippen LogP contribution in [-0.2, 0) is 25.0 Å². The molecule has 2 aliphatic rings. The summed E-state index contributed by atoms with van der Waals surface area (Å²) in [6.07, 6.45) is 0.480. The number of benzene rings is 3. The lowest BCUT2D eigenvalue weighted by molar-refractivity contribution is -0.128. The number of nitrogens with one attached hydrogen (secondary N) is 1. The van der Waals surface area contributed by atoms with Gasteiger partial charge in [0.15, 0.2) is 6.10 Å². The Morgan fingerprint density at radius 1 is 1.08 bits per heavy atom. The Morgan fingerprint density at radius 2 is 1.79 bits per heavy atom. The second-order valence-electron chi connectivity index (χ2n) is 9.41. The number of hydrogen-bond donors (Lipinski definition) is 1. The van der Waals surface area contributed by atoms with Crippen molar-refractivity contribution in [1.82, 2.24) is 5.32 Å². The first-order chi connectivity index (χ1) is 18.3. The van der Waals surface area contributed by atoms with Crippen LogP contribution in [0, 0.1) is 0 Å². The fraction of sp³-hybridized carbons (Fsp3) is 0.321. The lowest BCUT2D eigenvalue weighted by atomic mass is 9.74. The molecule has 0 unspecified atom stereocenters. The molecule has 1 fully saturated rings. The molecule has 2 aliphatic heterocycles. The van der Waals surface area contributed by atoms with E-state index in [4.69, 9.17) is 25.8 Å². The summed E-state index contributed by atoms with van der Waals surface area (Å²) >= 11 is 6.20. The van der Waals surface area contributed by atoms with Crippen LogP contribution in [-0.4, -0.2) is 53.8 Å². The first-order valence-electron chi connectivity index (χ1n) is 12.4. The first kappa shape index (κ1) is 26.3. The van der Waals surface area contributed by atoms with Crippen LogP contribution >= 0.6 is 11.6 Å². The molecule has 200 valence electrons. The highest BCUT2D eigenvalue weighted by atomic mass is 35.5. The lowest BCUT2D eigenvalue weighted by Gasteiger charge is -2.39. The molecule has 0 saturated carbocycles. The van der Waals surface area contributed by atoms with Crippen LogP contribution in [0.25, 0.3) is 0 Å². The molecule has 38 heavy (non-hydrogen) atoms. The number of carbonyl (C=O) groups excluding carboxylic acids is 1. The third-order valence-corrected chi connectivity index (χ3v) is 9.20. The van der Waals surface area contributed by atoms with Crippen LogP contribution in [0.2, 0.25) is 5.02 Å². The number of anilines is 1. The Bertz CT molecular complexity index is 1390. The summed E-state index contributed by atoms with van der Waals surface area (Å²) in [5.74, 6) is 0.413. The second-order valence-corrected chi connectivity index (χ2v) is 11.7. The van der Waals surface area contributed by atoms with E-state index in [9.17, 15) is 13.2 Å². The van der Waals surface area contributed by atoms with Gasteiger partial charge < -0.3 is 19.5 Å². The summed E-state index contributed by atoms with van der Waals surface area (Å²) < 4.78 is 45.4. The Morgan fingerprint density at radius 3 is 2.47 bits per heavy atom. The van der Waals surface area contributed by atoms with Crippen LogP contribution < -0.4 is 19.1 Å². The largest absolute Gasteiger partial charge is 0.497 e. The van der Waals surface area contributed by atoms with Crippen molar-refractivity contribution in [2.45, 2.75) is 29.3 Å². The maximum absolute atomic E-state index is 13.7. The summed E-state index contributed by atoms with van der Waals surface area (Å²) in [7, 11) is -2.52. The van der Waals surface area contributed by atoms with Crippen molar-refractivity contribution in [2.24, 2.45) is 0 Å². The van der Waals surface area contributed by atoms with E-state index in [1.54, 1.807) is 24.3 Å². The van der Waals surface area contributed by atoms with E-state index in [-0.39, 0.29) is 34.2 Å². The third kappa shape index (κ3) is 5.18. The molecule has 1 amide bonds. The van der Waals surface area contributed by atoms with Crippen molar-refractivity contribution in [3.63, 3.8) is 0 Å². The molecule has 2 heterocycles. The zero-order chi connectivity index (χ0) is 26.8. The predicted octanol–water partition coefficient (Wildman–Crippen LogP) is 4.17. The number of rotatable bonds is 7. The Balaban J connectivity index is 1.41. The molecule has 0 radical (unpaired) electrons. The highest BCUT2D eigenvalue weighted by Gasteiger charge is 2.40. The van der Waals surface area contributed by atoms with Crippen molar-refractivity contribution < 1.29 is 27.4 Å². The molecule has 5 rings (SSSR count). The van der Waals surface area contributed by atoms with Crippen molar-refractivity contribution >= 4 is 33.2 Å². The maximum atomic E-state index is 13.7. The van der Waals surface area contributed by atoms with Gasteiger partial charge in [-0.2, -0.15) is 0 Å². The van der Waals surface area contributed by atoms with Gasteiger partial charge in [-0.15, -0.1) is 0 Å². The molecule has 1 N–H and O–H groups in total. The van der Waals surface area contributed by atoms with E-state index < -0.39 is 16.1 Å². The summed E-state index contributed by atoms with van der Waals surface area (Å²) in [6, 6.07) is 20.9. The summed E-state index contributed by atoms with van der Waals surface area (Å²) in [4.78, 5) is 13.5. The van der Waals surface area contributed by atoms with E-state index >= 15 is 0 Å². The van der Waals surface area contributed by atoms with E-state index in [0.29, 0.717) is 30.5 Å². The number of carbonyl (C=O) groups is 1. The van der Waals surface area contributed by atoms with Crippen molar-refractivity contribution in [1.29, 1.82) is 0 Å². The van der Waals surface area contributed by atoms with Gasteiger partial charge in [0.25, 0.3) is 15.9 Å². The second kappa shape index (κ2) is 10.8. The Kier molecular flexibility index (Phi) is 7.52. The van der Waals surface area contributed by atoms with Crippen LogP contribution in [0.15, 0.2) is 77.7 Å². The zero-order valence-corrected chi connectivity index (χ0v) is 22.5. The topological polar surface area (TPSA) is 94.2 Å². The minimum Gasteiger partial charge on any atom is -0.497 e. The average Bonchev–Trinajstić information content (AvgIpc) is 2.96. The molecule has 3 aromatic rings. The van der Waals surface area contributed by atoms with Gasteiger partial charge in [-0.25, -0.2) is 8.42 Å². The molecule has 0 bridgehead atoms. The number of halogens is 1. The van der Waals surface area contributed by atoms with Gasteiger partial charge >= 0.3 is 0 Å². The standard InChI is InChI=1S/C28H29ClN2O6S/c1-35-22-8-10-23(11-9-22)38(33,34)31-18-26(37-25-12-7-21(29)17-24(25)31)27(32)30-19-28(13-15-36-16-14-28)20-5-3-2-4-6-20/h2-12,17,26H,13-16,18-19H2,1H3,(H,30,32)/t26-/m0/s1. The number of nitrogens with zero attached hydrogens (tertiary/aromatic N) is 1. The van der Waals surface area contributed by atoms with Crippen molar-refractivity contribution in [3.8, 4) is 11.5 Å². The summed E-state index contributed by atoms with van der Waals surface area (Å²) in [5.41, 5.74) is 1.14. The van der Waals surface area contributed by atoms with E-state index in [2.05, 4.69) is 17.4 Å². The fourth-order valence-corrected chi connectivity index (χ4v) is 6.59. The van der Waals surface area contributed by atoms with E-state index in [0.717, 1.165) is 18.4 Å². The van der Waals surface area contributed by atoms with Crippen LogP contribution in [0.1, 0.15) is 18.4 Å². The predicted molar refractivity (Wildman–Crippen MR) is 145 cm³/mol. The number of fused-ring (bicyclic) bond motifs is 1. The zero-order valence-electron chi connectivity index (χ0n) is 20.9. The van der Waals surface area contributed by atoms with Crippen LogP contribution in [0.3, 0.4) is 0 Å². The monoisotopic (exact) mass is 556 g/mol. The number of amides is 1. The van der Waals surface area contributed by atoms with Crippen LogP contribution in [0.5, 0.6) is 11.5 Å². The van der Waals surface area contributed by atoms with Gasteiger partial charge in [-0.05, 0) is 60.9 Å². The Hall–Kier alpha value is -3.27. The van der Waals surface area contributed by atoms with Gasteiger partial charge in [-0.1, -0.05) is 41.9 Å². The van der Waals surface area contributed by atoms with Crippen LogP contribution in [0.4, 0.5) is 5.69 Å². The summed E-state index contributed by atoms with van der Waals surface area (Å²) in [5, 5.41) is 3.40. The fourth-order valence-electron chi connectivity index (χ4n) is 4.96. The molecule has 0 aromatic heterocycles. The van der Waals surface area contributed by atoms with Gasteiger partial charge in [0.1, 0.15) is 11.5 Å². The van der Waals surface area contributed by atoms with E-state index in [1.807, 2.05) is 18.2 Å². The molecule has 3 aromatic carbocycles. The quantitative estimate of drug-likeness (QED) is 0.469. The minimum absolute atomic E-state index is 0.0653. The van der Waals surface area contributed by atoms with Crippen molar-refractivity contribution in [2.75, 3.05) is 37.7 Å². The maximum Gasteiger partial charge on any atom is 0.264 e. The number of hydrogen-bond acceptors (Lipinski definition) is 6. The molecule has 1 atom stereocenters. The molecule has 0 spiro atoms. The highest BCUT2D eigenvalue weighted by Crippen LogP contribution is 2.39. The molecule has 0 aliphatic carbocycles. The lowest BCUT2D eigenvalue weighted by Crippen LogP contribution is -2.53. The summed E-state index contributed by atoms with van der Waals surface area (Å²) in [6.45, 7) is 1.40. The van der Waals surface area contributed by atoms with Gasteiger partial charge in [0.05, 0.1) is 24.2 Å². The first-order valence-corrected chi connectivity index (χ1v) is 14.2. The van der Waals surface area contributed by atoms with Gasteiger partial charge in [-0.3, -0.25) is 9.10 Å². The molecule has 10 heteroatoms. The highest BCUT2D eigenvalue weighted by molar-refractivity contribution is 7.92. The number of ether oxygens (including phenoxy) is 3. The number of methoxy groups -OCH3 is 1. The molecule has 1 saturated heterocycles. The van der Waals surface area contributed by atoms with Gasteiger partial charge in [0, 0.05) is 30.2 Å². The minimum atomic E-state index is -4.03. The third-order valence-electron chi connectivity index (χ3n) is 7.17. The molecular weight excluding hydrogens is 528 g/mol. The average molecular weight is 557 g/mol. The molecular formula is C28H29ClN2O6S. The molecule has 8 nitrogen and oxygen atoms in total.